The van der Waals surface area contributed by atoms with Crippen LogP contribution in [0.4, 0.5) is 0 Å². The Morgan fingerprint density at radius 1 is 1.16 bits per heavy atom. The predicted molar refractivity (Wildman–Crippen MR) is 83.9 cm³/mol. The maximum absolute atomic E-state index is 6.38. The summed E-state index contributed by atoms with van der Waals surface area (Å²) in [5.74, 6) is 2.27. The normalized spacial score (nSPS) is 29.2. The molecule has 0 saturated heterocycles. The second-order valence-corrected chi connectivity index (χ2v) is 6.72. The van der Waals surface area contributed by atoms with Crippen LogP contribution in [0.15, 0.2) is 18.2 Å². The van der Waals surface area contributed by atoms with E-state index in [0.29, 0.717) is 22.0 Å². The second kappa shape index (κ2) is 6.47. The van der Waals surface area contributed by atoms with Crippen LogP contribution < -0.4 is 5.32 Å². The lowest BCUT2D eigenvalue weighted by molar-refractivity contribution is 0.175. The van der Waals surface area contributed by atoms with E-state index in [0.717, 1.165) is 17.4 Å². The van der Waals surface area contributed by atoms with Gasteiger partial charge in [0.1, 0.15) is 0 Å². The summed E-state index contributed by atoms with van der Waals surface area (Å²) in [6.07, 6.45) is 3.83. The van der Waals surface area contributed by atoms with E-state index in [-0.39, 0.29) is 0 Å². The molecule has 2 rings (SSSR count). The Morgan fingerprint density at radius 2 is 1.89 bits per heavy atom. The molecule has 0 radical (unpaired) electrons. The Kier molecular flexibility index (Phi) is 5.16. The number of hydrogen-bond acceptors (Lipinski definition) is 1. The summed E-state index contributed by atoms with van der Waals surface area (Å²) >= 11 is 12.5. The van der Waals surface area contributed by atoms with E-state index in [1.807, 2.05) is 19.2 Å². The van der Waals surface area contributed by atoms with E-state index in [4.69, 9.17) is 23.2 Å². The summed E-state index contributed by atoms with van der Waals surface area (Å²) in [6.45, 7) is 4.73. The molecule has 106 valence electrons. The Bertz CT molecular complexity index is 433. The molecule has 1 aromatic carbocycles. The summed E-state index contributed by atoms with van der Waals surface area (Å²) in [5.41, 5.74) is 1.14. The van der Waals surface area contributed by atoms with Crippen molar-refractivity contribution in [1.29, 1.82) is 0 Å². The first-order valence-electron chi connectivity index (χ1n) is 7.15. The van der Waals surface area contributed by atoms with Crippen LogP contribution in [-0.2, 0) is 0 Å². The fourth-order valence-electron chi connectivity index (χ4n) is 3.30. The summed E-state index contributed by atoms with van der Waals surface area (Å²) < 4.78 is 0. The van der Waals surface area contributed by atoms with Crippen molar-refractivity contribution >= 4 is 23.2 Å². The highest BCUT2D eigenvalue weighted by atomic mass is 35.5. The zero-order valence-corrected chi connectivity index (χ0v) is 13.4. The number of hydrogen-bond donors (Lipinski definition) is 1. The van der Waals surface area contributed by atoms with Crippen LogP contribution >= 0.6 is 23.2 Å². The SMILES string of the molecule is CNC(c1cccc(Cl)c1Cl)C1CCC(C)C(C)C1. The van der Waals surface area contributed by atoms with Crippen molar-refractivity contribution in [2.45, 2.75) is 39.2 Å². The van der Waals surface area contributed by atoms with Gasteiger partial charge < -0.3 is 5.32 Å². The molecule has 4 atom stereocenters. The average molecular weight is 300 g/mol. The first-order valence-corrected chi connectivity index (χ1v) is 7.91. The van der Waals surface area contributed by atoms with Gasteiger partial charge in [0, 0.05) is 6.04 Å². The van der Waals surface area contributed by atoms with Crippen LogP contribution in [0.2, 0.25) is 10.0 Å². The molecule has 1 aliphatic carbocycles. The summed E-state index contributed by atoms with van der Waals surface area (Å²) in [5, 5.41) is 4.80. The summed E-state index contributed by atoms with van der Waals surface area (Å²) in [6, 6.07) is 6.24. The molecule has 0 aromatic heterocycles. The van der Waals surface area contributed by atoms with Gasteiger partial charge in [-0.3, -0.25) is 0 Å². The predicted octanol–water partition coefficient (Wildman–Crippen LogP) is 5.33. The molecule has 1 fully saturated rings. The minimum atomic E-state index is 0.307. The van der Waals surface area contributed by atoms with Gasteiger partial charge in [-0.2, -0.15) is 0 Å². The van der Waals surface area contributed by atoms with Gasteiger partial charge in [-0.25, -0.2) is 0 Å². The van der Waals surface area contributed by atoms with Crippen LogP contribution in [0.1, 0.15) is 44.7 Å². The van der Waals surface area contributed by atoms with Crippen molar-refractivity contribution in [2.24, 2.45) is 17.8 Å². The summed E-state index contributed by atoms with van der Waals surface area (Å²) in [4.78, 5) is 0. The zero-order valence-electron chi connectivity index (χ0n) is 11.9. The Morgan fingerprint density at radius 3 is 2.53 bits per heavy atom. The minimum absolute atomic E-state index is 0.307. The fourth-order valence-corrected chi connectivity index (χ4v) is 3.72. The van der Waals surface area contributed by atoms with Gasteiger partial charge in [0.2, 0.25) is 0 Å². The molecule has 4 unspecified atom stereocenters. The highest BCUT2D eigenvalue weighted by Gasteiger charge is 2.31. The third-order valence-electron chi connectivity index (χ3n) is 4.74. The maximum Gasteiger partial charge on any atom is 0.0640 e. The van der Waals surface area contributed by atoms with Crippen molar-refractivity contribution in [3.05, 3.63) is 33.8 Å². The van der Waals surface area contributed by atoms with Crippen LogP contribution in [0, 0.1) is 17.8 Å². The zero-order chi connectivity index (χ0) is 14.0. The number of benzene rings is 1. The lowest BCUT2D eigenvalue weighted by Crippen LogP contribution is -2.31. The molecule has 0 bridgehead atoms. The van der Waals surface area contributed by atoms with E-state index in [2.05, 4.69) is 25.2 Å². The van der Waals surface area contributed by atoms with Crippen molar-refractivity contribution in [2.75, 3.05) is 7.05 Å². The van der Waals surface area contributed by atoms with E-state index >= 15 is 0 Å². The molecule has 0 heterocycles. The molecule has 3 heteroatoms. The monoisotopic (exact) mass is 299 g/mol. The lowest BCUT2D eigenvalue weighted by Gasteiger charge is -2.37. The largest absolute Gasteiger partial charge is 0.313 e. The van der Waals surface area contributed by atoms with Crippen molar-refractivity contribution in [3.63, 3.8) is 0 Å². The molecule has 1 saturated carbocycles. The molecule has 19 heavy (non-hydrogen) atoms. The van der Waals surface area contributed by atoms with Gasteiger partial charge in [-0.05, 0) is 49.3 Å². The molecule has 1 N–H and O–H groups in total. The Hall–Kier alpha value is -0.240. The quantitative estimate of drug-likeness (QED) is 0.796. The van der Waals surface area contributed by atoms with Crippen LogP contribution in [-0.4, -0.2) is 7.05 Å². The van der Waals surface area contributed by atoms with E-state index in [9.17, 15) is 0 Å². The number of halogens is 2. The van der Waals surface area contributed by atoms with Gasteiger partial charge >= 0.3 is 0 Å². The van der Waals surface area contributed by atoms with Gasteiger partial charge in [-0.15, -0.1) is 0 Å². The first-order chi connectivity index (χ1) is 9.04. The van der Waals surface area contributed by atoms with E-state index in [1.165, 1.54) is 19.3 Å². The smallest absolute Gasteiger partial charge is 0.0640 e. The molecule has 0 spiro atoms. The van der Waals surface area contributed by atoms with Crippen LogP contribution in [0.25, 0.3) is 0 Å². The number of rotatable bonds is 3. The highest BCUT2D eigenvalue weighted by Crippen LogP contribution is 2.42. The average Bonchev–Trinajstić information content (AvgIpc) is 2.39. The van der Waals surface area contributed by atoms with Crippen molar-refractivity contribution < 1.29 is 0 Å². The second-order valence-electron chi connectivity index (χ2n) is 5.94. The molecule has 1 aromatic rings. The van der Waals surface area contributed by atoms with E-state index < -0.39 is 0 Å². The standard InChI is InChI=1S/C16H23Cl2N/c1-10-7-8-12(9-11(10)2)16(19-3)13-5-4-6-14(17)15(13)18/h4-6,10-12,16,19H,7-9H2,1-3H3. The molecule has 1 nitrogen and oxygen atoms in total. The Labute approximate surface area is 126 Å². The number of nitrogens with one attached hydrogen (secondary N) is 1. The van der Waals surface area contributed by atoms with Gasteiger partial charge in [0.25, 0.3) is 0 Å². The van der Waals surface area contributed by atoms with Gasteiger partial charge in [0.15, 0.2) is 0 Å². The van der Waals surface area contributed by atoms with Crippen LogP contribution in [0.5, 0.6) is 0 Å². The lowest BCUT2D eigenvalue weighted by atomic mass is 9.72. The van der Waals surface area contributed by atoms with Gasteiger partial charge in [0.05, 0.1) is 10.0 Å². The van der Waals surface area contributed by atoms with Crippen molar-refractivity contribution in [1.82, 2.24) is 5.32 Å². The molecule has 0 aliphatic heterocycles. The first kappa shape index (κ1) is 15.2. The third kappa shape index (κ3) is 3.26. The molecule has 1 aliphatic rings. The van der Waals surface area contributed by atoms with Gasteiger partial charge in [-0.1, -0.05) is 55.6 Å². The van der Waals surface area contributed by atoms with E-state index in [1.54, 1.807) is 0 Å². The molecular weight excluding hydrogens is 277 g/mol. The summed E-state index contributed by atoms with van der Waals surface area (Å²) in [7, 11) is 2.02. The van der Waals surface area contributed by atoms with Crippen molar-refractivity contribution in [3.8, 4) is 0 Å². The van der Waals surface area contributed by atoms with Crippen LogP contribution in [0.3, 0.4) is 0 Å². The fraction of sp³-hybridized carbons (Fsp3) is 0.625. The molecule has 0 amide bonds. The topological polar surface area (TPSA) is 12.0 Å². The Balaban J connectivity index is 2.22. The molecular formula is C16H23Cl2N. The minimum Gasteiger partial charge on any atom is -0.313 e. The highest BCUT2D eigenvalue weighted by molar-refractivity contribution is 6.42. The third-order valence-corrected chi connectivity index (χ3v) is 5.57. The maximum atomic E-state index is 6.38.